The van der Waals surface area contributed by atoms with Crippen LogP contribution in [0.3, 0.4) is 0 Å². The highest BCUT2D eigenvalue weighted by Crippen LogP contribution is 2.23. The Kier molecular flexibility index (Phi) is 8.03. The van der Waals surface area contributed by atoms with E-state index in [0.29, 0.717) is 0 Å². The minimum atomic E-state index is -0.904. The van der Waals surface area contributed by atoms with Crippen LogP contribution in [0.25, 0.3) is 0 Å². The van der Waals surface area contributed by atoms with Gasteiger partial charge in [0.15, 0.2) is 0 Å². The molecule has 0 saturated heterocycles. The first-order valence-corrected chi connectivity index (χ1v) is 9.05. The van der Waals surface area contributed by atoms with Crippen LogP contribution in [-0.4, -0.2) is 35.1 Å². The minimum absolute atomic E-state index is 0.0802. The van der Waals surface area contributed by atoms with Gasteiger partial charge in [-0.1, -0.05) is 39.5 Å². The van der Waals surface area contributed by atoms with Crippen LogP contribution in [0.1, 0.15) is 72.6 Å². The first kappa shape index (κ1) is 19.9. The maximum Gasteiger partial charge on any atom is 0.223 e. The van der Waals surface area contributed by atoms with Gasteiger partial charge in [0.1, 0.15) is 0 Å². The van der Waals surface area contributed by atoms with Gasteiger partial charge in [0.25, 0.3) is 0 Å². The Bertz CT molecular complexity index is 390. The zero-order chi connectivity index (χ0) is 17.5. The first-order valence-electron chi connectivity index (χ1n) is 9.05. The summed E-state index contributed by atoms with van der Waals surface area (Å²) in [6.45, 7) is 7.83. The molecule has 134 valence electrons. The molecule has 0 bridgehead atoms. The Morgan fingerprint density at radius 1 is 1.22 bits per heavy atom. The molecule has 23 heavy (non-hydrogen) atoms. The standard InChI is InChI=1S/C18H34N2O3/c1-5-13(2)18(4,23)12-19-16(21)11-14(3)20-17(22)15-9-7-6-8-10-15/h13-15,23H,5-12H2,1-4H3,(H,19,21)(H,20,22). The molecule has 0 heterocycles. The summed E-state index contributed by atoms with van der Waals surface area (Å²) >= 11 is 0. The minimum Gasteiger partial charge on any atom is -0.388 e. The van der Waals surface area contributed by atoms with Gasteiger partial charge in [-0.25, -0.2) is 0 Å². The Morgan fingerprint density at radius 2 is 1.83 bits per heavy atom. The number of nitrogens with one attached hydrogen (secondary N) is 2. The van der Waals surface area contributed by atoms with E-state index in [1.165, 1.54) is 6.42 Å². The van der Waals surface area contributed by atoms with Crippen molar-refractivity contribution in [2.45, 2.75) is 84.3 Å². The Labute approximate surface area is 140 Å². The van der Waals surface area contributed by atoms with E-state index >= 15 is 0 Å². The molecule has 3 unspecified atom stereocenters. The van der Waals surface area contributed by atoms with Crippen molar-refractivity contribution in [1.29, 1.82) is 0 Å². The zero-order valence-electron chi connectivity index (χ0n) is 15.2. The van der Waals surface area contributed by atoms with Crippen LogP contribution in [0.4, 0.5) is 0 Å². The van der Waals surface area contributed by atoms with Crippen molar-refractivity contribution in [3.05, 3.63) is 0 Å². The molecule has 5 heteroatoms. The van der Waals surface area contributed by atoms with E-state index < -0.39 is 5.60 Å². The van der Waals surface area contributed by atoms with Gasteiger partial charge >= 0.3 is 0 Å². The summed E-state index contributed by atoms with van der Waals surface area (Å²) in [5.41, 5.74) is -0.904. The van der Waals surface area contributed by atoms with Crippen LogP contribution in [0.2, 0.25) is 0 Å². The van der Waals surface area contributed by atoms with Gasteiger partial charge in [-0.05, 0) is 32.6 Å². The third-order valence-corrected chi connectivity index (χ3v) is 5.17. The lowest BCUT2D eigenvalue weighted by Crippen LogP contribution is -2.46. The van der Waals surface area contributed by atoms with E-state index in [0.717, 1.165) is 32.1 Å². The number of aliphatic hydroxyl groups is 1. The topological polar surface area (TPSA) is 78.4 Å². The van der Waals surface area contributed by atoms with E-state index in [1.807, 2.05) is 20.8 Å². The monoisotopic (exact) mass is 326 g/mol. The van der Waals surface area contributed by atoms with Crippen LogP contribution in [0.15, 0.2) is 0 Å². The molecule has 2 amide bonds. The van der Waals surface area contributed by atoms with Gasteiger partial charge in [-0.2, -0.15) is 0 Å². The molecule has 0 aromatic rings. The fraction of sp³-hybridized carbons (Fsp3) is 0.889. The molecule has 0 aromatic heterocycles. The van der Waals surface area contributed by atoms with Crippen LogP contribution in [0, 0.1) is 11.8 Å². The zero-order valence-corrected chi connectivity index (χ0v) is 15.2. The second-order valence-electron chi connectivity index (χ2n) is 7.39. The second kappa shape index (κ2) is 9.26. The summed E-state index contributed by atoms with van der Waals surface area (Å²) in [5.74, 6) is 0.174. The fourth-order valence-electron chi connectivity index (χ4n) is 3.02. The van der Waals surface area contributed by atoms with E-state index in [-0.39, 0.29) is 42.7 Å². The van der Waals surface area contributed by atoms with Gasteiger partial charge in [0, 0.05) is 24.9 Å². The smallest absolute Gasteiger partial charge is 0.223 e. The van der Waals surface area contributed by atoms with Gasteiger partial charge in [-0.3, -0.25) is 9.59 Å². The molecule has 3 N–H and O–H groups in total. The van der Waals surface area contributed by atoms with Crippen molar-refractivity contribution in [2.24, 2.45) is 11.8 Å². The number of hydrogen-bond donors (Lipinski definition) is 3. The number of rotatable bonds is 8. The number of carbonyl (C=O) groups excluding carboxylic acids is 2. The Balaban J connectivity index is 2.31. The predicted octanol–water partition coefficient (Wildman–Crippen LogP) is 2.37. The average Bonchev–Trinajstić information content (AvgIpc) is 2.52. The molecule has 1 aliphatic carbocycles. The molecule has 0 aliphatic heterocycles. The molecule has 1 rings (SSSR count). The normalized spacial score (nSPS) is 21.1. The number of amides is 2. The number of hydrogen-bond acceptors (Lipinski definition) is 3. The van der Waals surface area contributed by atoms with Gasteiger partial charge in [0.05, 0.1) is 5.60 Å². The molecular formula is C18H34N2O3. The third-order valence-electron chi connectivity index (χ3n) is 5.17. The molecule has 0 aromatic carbocycles. The van der Waals surface area contributed by atoms with E-state index in [1.54, 1.807) is 6.92 Å². The summed E-state index contributed by atoms with van der Waals surface area (Å²) in [4.78, 5) is 24.1. The van der Waals surface area contributed by atoms with Gasteiger partial charge in [-0.15, -0.1) is 0 Å². The molecule has 1 saturated carbocycles. The molecule has 1 fully saturated rings. The van der Waals surface area contributed by atoms with Crippen molar-refractivity contribution < 1.29 is 14.7 Å². The van der Waals surface area contributed by atoms with Crippen molar-refractivity contribution in [2.75, 3.05) is 6.54 Å². The van der Waals surface area contributed by atoms with Gasteiger partial charge in [0.2, 0.25) is 11.8 Å². The highest BCUT2D eigenvalue weighted by atomic mass is 16.3. The highest BCUT2D eigenvalue weighted by Gasteiger charge is 2.28. The Hall–Kier alpha value is -1.10. The van der Waals surface area contributed by atoms with Crippen LogP contribution in [-0.2, 0) is 9.59 Å². The van der Waals surface area contributed by atoms with Crippen molar-refractivity contribution in [3.63, 3.8) is 0 Å². The summed E-state index contributed by atoms with van der Waals surface area (Å²) in [6.07, 6.45) is 6.49. The van der Waals surface area contributed by atoms with Crippen LogP contribution in [0.5, 0.6) is 0 Å². The molecular weight excluding hydrogens is 292 g/mol. The summed E-state index contributed by atoms with van der Waals surface area (Å²) in [7, 11) is 0. The summed E-state index contributed by atoms with van der Waals surface area (Å²) in [6, 6.07) is -0.182. The molecule has 0 spiro atoms. The fourth-order valence-corrected chi connectivity index (χ4v) is 3.02. The first-order chi connectivity index (χ1) is 10.8. The molecule has 0 radical (unpaired) electrons. The lowest BCUT2D eigenvalue weighted by molar-refractivity contribution is -0.127. The van der Waals surface area contributed by atoms with E-state index in [4.69, 9.17) is 0 Å². The predicted molar refractivity (Wildman–Crippen MR) is 91.9 cm³/mol. The van der Waals surface area contributed by atoms with Crippen molar-refractivity contribution in [1.82, 2.24) is 10.6 Å². The highest BCUT2D eigenvalue weighted by molar-refractivity contribution is 5.81. The largest absolute Gasteiger partial charge is 0.388 e. The van der Waals surface area contributed by atoms with Crippen molar-refractivity contribution >= 4 is 11.8 Å². The average molecular weight is 326 g/mol. The number of carbonyl (C=O) groups is 2. The SMILES string of the molecule is CCC(C)C(C)(O)CNC(=O)CC(C)NC(=O)C1CCCCC1. The summed E-state index contributed by atoms with van der Waals surface area (Å²) in [5, 5.41) is 16.0. The third kappa shape index (κ3) is 6.90. The lowest BCUT2D eigenvalue weighted by Gasteiger charge is -2.30. The van der Waals surface area contributed by atoms with Crippen molar-refractivity contribution in [3.8, 4) is 0 Å². The summed E-state index contributed by atoms with van der Waals surface area (Å²) < 4.78 is 0. The second-order valence-corrected chi connectivity index (χ2v) is 7.39. The molecule has 1 aliphatic rings. The maximum atomic E-state index is 12.2. The Morgan fingerprint density at radius 3 is 2.39 bits per heavy atom. The van der Waals surface area contributed by atoms with E-state index in [9.17, 15) is 14.7 Å². The quantitative estimate of drug-likeness (QED) is 0.641. The van der Waals surface area contributed by atoms with Crippen LogP contribution >= 0.6 is 0 Å². The maximum absolute atomic E-state index is 12.2. The molecule has 3 atom stereocenters. The molecule has 5 nitrogen and oxygen atoms in total. The van der Waals surface area contributed by atoms with Crippen LogP contribution < -0.4 is 10.6 Å². The van der Waals surface area contributed by atoms with E-state index in [2.05, 4.69) is 10.6 Å². The lowest BCUT2D eigenvalue weighted by atomic mass is 9.88. The van der Waals surface area contributed by atoms with Gasteiger partial charge < -0.3 is 15.7 Å².